The predicted octanol–water partition coefficient (Wildman–Crippen LogP) is 6.62. The molecule has 0 spiro atoms. The van der Waals surface area contributed by atoms with Gasteiger partial charge in [-0.2, -0.15) is 0 Å². The minimum absolute atomic E-state index is 0.0271. The van der Waals surface area contributed by atoms with Crippen LogP contribution in [0.4, 0.5) is 5.13 Å². The zero-order valence-electron chi connectivity index (χ0n) is 18.4. The lowest BCUT2D eigenvalue weighted by Crippen LogP contribution is -2.31. The Morgan fingerprint density at radius 1 is 0.939 bits per heavy atom. The Hall–Kier alpha value is -3.70. The van der Waals surface area contributed by atoms with Crippen LogP contribution < -0.4 is 9.64 Å². The number of aromatic nitrogens is 1. The Balaban J connectivity index is 1.51. The van der Waals surface area contributed by atoms with Crippen LogP contribution in [-0.2, 0) is 17.8 Å². The quantitative estimate of drug-likeness (QED) is 0.278. The van der Waals surface area contributed by atoms with E-state index in [0.29, 0.717) is 24.7 Å². The van der Waals surface area contributed by atoms with Gasteiger partial charge in [-0.15, -0.1) is 0 Å². The van der Waals surface area contributed by atoms with Gasteiger partial charge in [-0.3, -0.25) is 9.69 Å². The van der Waals surface area contributed by atoms with E-state index in [1.165, 1.54) is 11.3 Å². The maximum Gasteiger partial charge on any atom is 0.233 e. The second-order valence-electron chi connectivity index (χ2n) is 7.84. The first-order valence-corrected chi connectivity index (χ1v) is 11.9. The number of carbonyl (C=O) groups excluding carboxylic acids is 1. The molecule has 0 aliphatic carbocycles. The topological polar surface area (TPSA) is 42.4 Å². The molecule has 0 aliphatic rings. The molecule has 0 atom stereocenters. The number of thiazole rings is 1. The maximum absolute atomic E-state index is 13.7. The number of fused-ring (bicyclic) bond motifs is 2. The SMILES string of the molecule is CCOc1ccc2nc(N(Cc3ccccc3)C(=O)Cc3cccc4ccccc34)sc2c1. The summed E-state index contributed by atoms with van der Waals surface area (Å²) in [5, 5.41) is 2.95. The van der Waals surface area contributed by atoms with Gasteiger partial charge < -0.3 is 4.74 Å². The number of carbonyl (C=O) groups is 1. The van der Waals surface area contributed by atoms with Gasteiger partial charge in [0.25, 0.3) is 0 Å². The van der Waals surface area contributed by atoms with Crippen molar-refractivity contribution >= 4 is 43.4 Å². The number of rotatable bonds is 7. The van der Waals surface area contributed by atoms with Crippen molar-refractivity contribution in [2.24, 2.45) is 0 Å². The minimum Gasteiger partial charge on any atom is -0.494 e. The summed E-state index contributed by atoms with van der Waals surface area (Å²) in [6.07, 6.45) is 0.314. The molecule has 5 rings (SSSR count). The van der Waals surface area contributed by atoms with Crippen molar-refractivity contribution in [1.82, 2.24) is 4.98 Å². The van der Waals surface area contributed by atoms with Crippen molar-refractivity contribution in [2.75, 3.05) is 11.5 Å². The fraction of sp³-hybridized carbons (Fsp3) is 0.143. The average Bonchev–Trinajstić information content (AvgIpc) is 3.27. The van der Waals surface area contributed by atoms with Gasteiger partial charge in [0.05, 0.1) is 29.8 Å². The molecule has 0 saturated carbocycles. The molecule has 0 aliphatic heterocycles. The van der Waals surface area contributed by atoms with Crippen molar-refractivity contribution in [1.29, 1.82) is 0 Å². The summed E-state index contributed by atoms with van der Waals surface area (Å²) in [5.41, 5.74) is 2.96. The van der Waals surface area contributed by atoms with Crippen LogP contribution in [-0.4, -0.2) is 17.5 Å². The van der Waals surface area contributed by atoms with Gasteiger partial charge in [0.2, 0.25) is 5.91 Å². The predicted molar refractivity (Wildman–Crippen MR) is 136 cm³/mol. The number of hydrogen-bond donors (Lipinski definition) is 0. The van der Waals surface area contributed by atoms with Crippen LogP contribution in [0.25, 0.3) is 21.0 Å². The van der Waals surface area contributed by atoms with E-state index in [2.05, 4.69) is 18.2 Å². The number of ether oxygens (including phenoxy) is 1. The van der Waals surface area contributed by atoms with Crippen LogP contribution in [0.5, 0.6) is 5.75 Å². The third-order valence-electron chi connectivity index (χ3n) is 5.60. The van der Waals surface area contributed by atoms with Gasteiger partial charge in [-0.1, -0.05) is 84.1 Å². The number of anilines is 1. The highest BCUT2D eigenvalue weighted by Gasteiger charge is 2.21. The molecule has 0 fully saturated rings. The molecule has 5 heteroatoms. The molecule has 1 amide bonds. The summed E-state index contributed by atoms with van der Waals surface area (Å²) >= 11 is 1.52. The van der Waals surface area contributed by atoms with Gasteiger partial charge in [0, 0.05) is 0 Å². The molecule has 0 radical (unpaired) electrons. The van der Waals surface area contributed by atoms with E-state index in [1.807, 2.05) is 84.6 Å². The molecule has 0 saturated heterocycles. The summed E-state index contributed by atoms with van der Waals surface area (Å²) < 4.78 is 6.65. The van der Waals surface area contributed by atoms with E-state index in [1.54, 1.807) is 0 Å². The molecule has 5 aromatic rings. The Bertz CT molecular complexity index is 1410. The molecular formula is C28H24N2O2S. The molecule has 4 nitrogen and oxygen atoms in total. The monoisotopic (exact) mass is 452 g/mol. The van der Waals surface area contributed by atoms with Gasteiger partial charge in [-0.25, -0.2) is 4.98 Å². The molecule has 1 heterocycles. The maximum atomic E-state index is 13.7. The first-order valence-electron chi connectivity index (χ1n) is 11.1. The smallest absolute Gasteiger partial charge is 0.233 e. The molecule has 4 aromatic carbocycles. The lowest BCUT2D eigenvalue weighted by Gasteiger charge is -2.20. The second kappa shape index (κ2) is 9.43. The summed E-state index contributed by atoms with van der Waals surface area (Å²) in [5.74, 6) is 0.844. The van der Waals surface area contributed by atoms with Gasteiger partial charge in [-0.05, 0) is 47.0 Å². The summed E-state index contributed by atoms with van der Waals surface area (Å²) in [6.45, 7) is 3.05. The Morgan fingerprint density at radius 2 is 1.73 bits per heavy atom. The fourth-order valence-corrected chi connectivity index (χ4v) is 5.01. The summed E-state index contributed by atoms with van der Waals surface area (Å²) in [6, 6.07) is 30.2. The van der Waals surface area contributed by atoms with Crippen LogP contribution in [0, 0.1) is 0 Å². The molecule has 164 valence electrons. The number of benzene rings is 4. The lowest BCUT2D eigenvalue weighted by atomic mass is 10.0. The summed E-state index contributed by atoms with van der Waals surface area (Å²) in [4.78, 5) is 20.3. The van der Waals surface area contributed by atoms with Crippen molar-refractivity contribution in [3.8, 4) is 5.75 Å². The minimum atomic E-state index is 0.0271. The van der Waals surface area contributed by atoms with Crippen molar-refractivity contribution < 1.29 is 9.53 Å². The van der Waals surface area contributed by atoms with Crippen LogP contribution >= 0.6 is 11.3 Å². The van der Waals surface area contributed by atoms with E-state index in [0.717, 1.165) is 37.9 Å². The average molecular weight is 453 g/mol. The van der Waals surface area contributed by atoms with E-state index >= 15 is 0 Å². The van der Waals surface area contributed by atoms with Gasteiger partial charge in [0.15, 0.2) is 5.13 Å². The Labute approximate surface area is 197 Å². The highest BCUT2D eigenvalue weighted by molar-refractivity contribution is 7.22. The van der Waals surface area contributed by atoms with Gasteiger partial charge >= 0.3 is 0 Å². The zero-order valence-corrected chi connectivity index (χ0v) is 19.2. The van der Waals surface area contributed by atoms with Crippen molar-refractivity contribution in [3.63, 3.8) is 0 Å². The Morgan fingerprint density at radius 3 is 2.58 bits per heavy atom. The normalized spacial score (nSPS) is 11.1. The standard InChI is InChI=1S/C28H24N2O2S/c1-2-32-23-15-16-25-26(18-23)33-28(29-25)30(19-20-9-4-3-5-10-20)27(31)17-22-13-8-12-21-11-6-7-14-24(21)22/h3-16,18H,2,17,19H2,1H3. The fourth-order valence-electron chi connectivity index (χ4n) is 4.00. The zero-order chi connectivity index (χ0) is 22.6. The van der Waals surface area contributed by atoms with E-state index in [-0.39, 0.29) is 5.91 Å². The van der Waals surface area contributed by atoms with Crippen LogP contribution in [0.1, 0.15) is 18.1 Å². The number of amides is 1. The van der Waals surface area contributed by atoms with E-state index in [9.17, 15) is 4.79 Å². The van der Waals surface area contributed by atoms with Crippen LogP contribution in [0.2, 0.25) is 0 Å². The summed E-state index contributed by atoms with van der Waals surface area (Å²) in [7, 11) is 0. The number of nitrogens with zero attached hydrogens (tertiary/aromatic N) is 2. The Kier molecular flexibility index (Phi) is 6.05. The van der Waals surface area contributed by atoms with Crippen LogP contribution in [0.3, 0.4) is 0 Å². The molecule has 0 bridgehead atoms. The lowest BCUT2D eigenvalue weighted by molar-refractivity contribution is -0.118. The van der Waals surface area contributed by atoms with Crippen molar-refractivity contribution in [2.45, 2.75) is 19.9 Å². The second-order valence-corrected chi connectivity index (χ2v) is 8.85. The number of hydrogen-bond acceptors (Lipinski definition) is 4. The molecule has 1 aromatic heterocycles. The van der Waals surface area contributed by atoms with Crippen molar-refractivity contribution in [3.05, 3.63) is 102 Å². The first kappa shape index (κ1) is 21.2. The third kappa shape index (κ3) is 4.59. The molecular weight excluding hydrogens is 428 g/mol. The van der Waals surface area contributed by atoms with E-state index in [4.69, 9.17) is 9.72 Å². The molecule has 0 N–H and O–H groups in total. The van der Waals surface area contributed by atoms with Gasteiger partial charge in [0.1, 0.15) is 5.75 Å². The third-order valence-corrected chi connectivity index (χ3v) is 6.64. The molecule has 33 heavy (non-hydrogen) atoms. The first-order chi connectivity index (χ1) is 16.2. The van der Waals surface area contributed by atoms with E-state index < -0.39 is 0 Å². The van der Waals surface area contributed by atoms with Crippen LogP contribution in [0.15, 0.2) is 91.0 Å². The highest BCUT2D eigenvalue weighted by atomic mass is 32.1. The largest absolute Gasteiger partial charge is 0.494 e. The molecule has 0 unspecified atom stereocenters. The highest BCUT2D eigenvalue weighted by Crippen LogP contribution is 2.33.